The molecule has 88 valence electrons. The summed E-state index contributed by atoms with van der Waals surface area (Å²) in [6, 6.07) is 1.83. The van der Waals surface area contributed by atoms with Crippen molar-refractivity contribution in [3.63, 3.8) is 0 Å². The van der Waals surface area contributed by atoms with E-state index in [1.165, 1.54) is 25.7 Å². The molecule has 0 atom stereocenters. The summed E-state index contributed by atoms with van der Waals surface area (Å²) in [4.78, 5) is 4.21. The molecule has 1 heterocycles. The van der Waals surface area contributed by atoms with Crippen LogP contribution in [-0.4, -0.2) is 11.1 Å². The van der Waals surface area contributed by atoms with Gasteiger partial charge in [-0.1, -0.05) is 12.8 Å². The Kier molecular flexibility index (Phi) is 4.04. The van der Waals surface area contributed by atoms with Crippen LogP contribution in [0.5, 0.6) is 5.88 Å². The zero-order chi connectivity index (χ0) is 11.4. The highest BCUT2D eigenvalue weighted by molar-refractivity contribution is 9.10. The van der Waals surface area contributed by atoms with Gasteiger partial charge in [0.25, 0.3) is 0 Å². The molecule has 1 aliphatic rings. The van der Waals surface area contributed by atoms with Gasteiger partial charge < -0.3 is 10.5 Å². The lowest BCUT2D eigenvalue weighted by Crippen LogP contribution is -2.16. The van der Waals surface area contributed by atoms with Gasteiger partial charge in [-0.05, 0) is 47.7 Å². The normalized spacial score (nSPS) is 18.1. The van der Waals surface area contributed by atoms with E-state index in [4.69, 9.17) is 10.5 Å². The third-order valence-electron chi connectivity index (χ3n) is 2.91. The summed E-state index contributed by atoms with van der Waals surface area (Å²) in [7, 11) is 0. The summed E-state index contributed by atoms with van der Waals surface area (Å²) in [6.07, 6.45) is 9.41. The molecule has 0 aromatic carbocycles. The second-order valence-electron chi connectivity index (χ2n) is 4.29. The maximum atomic E-state index is 5.91. The number of halogens is 1. The number of aromatic nitrogens is 1. The number of rotatable bonds is 2. The molecule has 2 rings (SSSR count). The van der Waals surface area contributed by atoms with Crippen molar-refractivity contribution in [3.8, 4) is 5.88 Å². The first-order chi connectivity index (χ1) is 7.75. The fourth-order valence-electron chi connectivity index (χ4n) is 2.04. The smallest absolute Gasteiger partial charge is 0.228 e. The molecule has 2 N–H and O–H groups in total. The van der Waals surface area contributed by atoms with Crippen molar-refractivity contribution in [2.45, 2.75) is 44.6 Å². The molecule has 1 aromatic heterocycles. The summed E-state index contributed by atoms with van der Waals surface area (Å²) < 4.78 is 6.75. The summed E-state index contributed by atoms with van der Waals surface area (Å²) in [6.45, 7) is 0. The molecule has 0 bridgehead atoms. The van der Waals surface area contributed by atoms with Crippen LogP contribution in [0.25, 0.3) is 0 Å². The molecule has 1 aliphatic carbocycles. The Morgan fingerprint density at radius 2 is 1.94 bits per heavy atom. The van der Waals surface area contributed by atoms with Crippen LogP contribution in [0.15, 0.2) is 16.7 Å². The fraction of sp³-hybridized carbons (Fsp3) is 0.583. The maximum absolute atomic E-state index is 5.91. The van der Waals surface area contributed by atoms with Crippen LogP contribution in [0.4, 0.5) is 5.69 Å². The molecule has 0 spiro atoms. The van der Waals surface area contributed by atoms with E-state index >= 15 is 0 Å². The largest absolute Gasteiger partial charge is 0.474 e. The van der Waals surface area contributed by atoms with Crippen LogP contribution in [-0.2, 0) is 0 Å². The molecule has 3 nitrogen and oxygen atoms in total. The van der Waals surface area contributed by atoms with Gasteiger partial charge in [0.05, 0.1) is 16.4 Å². The first kappa shape index (κ1) is 11.7. The van der Waals surface area contributed by atoms with Gasteiger partial charge in [0.2, 0.25) is 5.88 Å². The standard InChI is InChI=1S/C12H17BrN2O/c13-11-7-9(14)8-15-12(11)16-10-5-3-1-2-4-6-10/h7-8,10H,1-6,14H2. The first-order valence-electron chi connectivity index (χ1n) is 5.83. The van der Waals surface area contributed by atoms with E-state index in [9.17, 15) is 0 Å². The summed E-state index contributed by atoms with van der Waals surface area (Å²) in [5.41, 5.74) is 6.29. The summed E-state index contributed by atoms with van der Waals surface area (Å²) >= 11 is 3.43. The molecule has 4 heteroatoms. The van der Waals surface area contributed by atoms with Gasteiger partial charge in [-0.25, -0.2) is 4.98 Å². The average Bonchev–Trinajstić information content (AvgIpc) is 2.51. The highest BCUT2D eigenvalue weighted by atomic mass is 79.9. The number of anilines is 1. The SMILES string of the molecule is Nc1cnc(OC2CCCCCC2)c(Br)c1. The second-order valence-corrected chi connectivity index (χ2v) is 5.14. The molecule has 0 saturated heterocycles. The first-order valence-corrected chi connectivity index (χ1v) is 6.62. The van der Waals surface area contributed by atoms with E-state index in [1.54, 1.807) is 6.20 Å². The molecule has 0 amide bonds. The van der Waals surface area contributed by atoms with Gasteiger partial charge >= 0.3 is 0 Å². The van der Waals surface area contributed by atoms with E-state index in [-0.39, 0.29) is 0 Å². The summed E-state index contributed by atoms with van der Waals surface area (Å²) in [5.74, 6) is 0.668. The van der Waals surface area contributed by atoms with E-state index in [0.717, 1.165) is 17.3 Å². The number of hydrogen-bond acceptors (Lipinski definition) is 3. The van der Waals surface area contributed by atoms with Crippen molar-refractivity contribution < 1.29 is 4.74 Å². The lowest BCUT2D eigenvalue weighted by Gasteiger charge is -2.16. The lowest BCUT2D eigenvalue weighted by molar-refractivity contribution is 0.175. The molecular formula is C12H17BrN2O. The van der Waals surface area contributed by atoms with Crippen molar-refractivity contribution in [1.82, 2.24) is 4.98 Å². The van der Waals surface area contributed by atoms with E-state index in [2.05, 4.69) is 20.9 Å². The number of hydrogen-bond donors (Lipinski definition) is 1. The van der Waals surface area contributed by atoms with E-state index < -0.39 is 0 Å². The van der Waals surface area contributed by atoms with Crippen molar-refractivity contribution >= 4 is 21.6 Å². The maximum Gasteiger partial charge on any atom is 0.228 e. The summed E-state index contributed by atoms with van der Waals surface area (Å²) in [5, 5.41) is 0. The highest BCUT2D eigenvalue weighted by Crippen LogP contribution is 2.28. The van der Waals surface area contributed by atoms with Crippen LogP contribution in [0.2, 0.25) is 0 Å². The van der Waals surface area contributed by atoms with Crippen LogP contribution >= 0.6 is 15.9 Å². The van der Waals surface area contributed by atoms with Crippen LogP contribution in [0.1, 0.15) is 38.5 Å². The highest BCUT2D eigenvalue weighted by Gasteiger charge is 2.15. The average molecular weight is 285 g/mol. The minimum Gasteiger partial charge on any atom is -0.474 e. The van der Waals surface area contributed by atoms with Crippen LogP contribution in [0.3, 0.4) is 0 Å². The Balaban J connectivity index is 2.01. The quantitative estimate of drug-likeness (QED) is 0.846. The Morgan fingerprint density at radius 3 is 2.56 bits per heavy atom. The molecule has 0 unspecified atom stereocenters. The Labute approximate surface area is 105 Å². The van der Waals surface area contributed by atoms with Gasteiger partial charge in [-0.2, -0.15) is 0 Å². The molecule has 1 saturated carbocycles. The minimum atomic E-state index is 0.315. The van der Waals surface area contributed by atoms with Crippen molar-refractivity contribution in [2.75, 3.05) is 5.73 Å². The second kappa shape index (κ2) is 5.53. The van der Waals surface area contributed by atoms with Gasteiger partial charge in [0.15, 0.2) is 0 Å². The van der Waals surface area contributed by atoms with Gasteiger partial charge in [-0.3, -0.25) is 0 Å². The van der Waals surface area contributed by atoms with Crippen LogP contribution < -0.4 is 10.5 Å². The number of nitrogens with two attached hydrogens (primary N) is 1. The third kappa shape index (κ3) is 3.11. The third-order valence-corrected chi connectivity index (χ3v) is 3.48. The number of ether oxygens (including phenoxy) is 1. The lowest BCUT2D eigenvalue weighted by atomic mass is 10.1. The molecule has 0 aliphatic heterocycles. The zero-order valence-electron chi connectivity index (χ0n) is 9.29. The van der Waals surface area contributed by atoms with Crippen LogP contribution in [0, 0.1) is 0 Å². The van der Waals surface area contributed by atoms with Gasteiger partial charge in [-0.15, -0.1) is 0 Å². The number of nitrogen functional groups attached to an aromatic ring is 1. The molecule has 0 radical (unpaired) electrons. The monoisotopic (exact) mass is 284 g/mol. The number of nitrogens with zero attached hydrogens (tertiary/aromatic N) is 1. The predicted octanol–water partition coefficient (Wildman–Crippen LogP) is 3.53. The van der Waals surface area contributed by atoms with E-state index in [0.29, 0.717) is 17.7 Å². The molecule has 1 aromatic rings. The topological polar surface area (TPSA) is 48.1 Å². The number of pyridine rings is 1. The Morgan fingerprint density at radius 1 is 1.25 bits per heavy atom. The van der Waals surface area contributed by atoms with Crippen molar-refractivity contribution in [1.29, 1.82) is 0 Å². The minimum absolute atomic E-state index is 0.315. The van der Waals surface area contributed by atoms with Gasteiger partial charge in [0, 0.05) is 0 Å². The Hall–Kier alpha value is -0.770. The zero-order valence-corrected chi connectivity index (χ0v) is 10.9. The Bertz CT molecular complexity index is 349. The van der Waals surface area contributed by atoms with E-state index in [1.807, 2.05) is 6.07 Å². The molecular weight excluding hydrogens is 268 g/mol. The van der Waals surface area contributed by atoms with Crippen molar-refractivity contribution in [3.05, 3.63) is 16.7 Å². The molecule has 1 fully saturated rings. The molecule has 16 heavy (non-hydrogen) atoms. The van der Waals surface area contributed by atoms with Gasteiger partial charge in [0.1, 0.15) is 6.10 Å². The predicted molar refractivity (Wildman–Crippen MR) is 68.5 cm³/mol. The fourth-order valence-corrected chi connectivity index (χ4v) is 2.50. The van der Waals surface area contributed by atoms with Crippen molar-refractivity contribution in [2.24, 2.45) is 0 Å².